The molecule has 1 unspecified atom stereocenters. The number of nitrogens with zero attached hydrogens (tertiary/aromatic N) is 1. The molecule has 2 N–H and O–H groups in total. The molecule has 0 spiro atoms. The molecular weight excluding hydrogens is 260 g/mol. The summed E-state index contributed by atoms with van der Waals surface area (Å²) in [7, 11) is -3.39. The molecule has 0 aromatic heterocycles. The summed E-state index contributed by atoms with van der Waals surface area (Å²) >= 11 is 0. The lowest BCUT2D eigenvalue weighted by Crippen LogP contribution is -2.44. The highest BCUT2D eigenvalue weighted by Crippen LogP contribution is 2.28. The summed E-state index contributed by atoms with van der Waals surface area (Å²) in [5.74, 6) is 0. The first kappa shape index (κ1) is 14.5. The lowest BCUT2D eigenvalue weighted by Gasteiger charge is -2.34. The minimum absolute atomic E-state index is 0.0587. The third kappa shape index (κ3) is 2.99. The highest BCUT2D eigenvalue weighted by molar-refractivity contribution is 7.89. The van der Waals surface area contributed by atoms with E-state index in [4.69, 9.17) is 5.73 Å². The van der Waals surface area contributed by atoms with Crippen LogP contribution in [0.5, 0.6) is 0 Å². The van der Waals surface area contributed by atoms with E-state index in [-0.39, 0.29) is 6.04 Å². The van der Waals surface area contributed by atoms with Gasteiger partial charge in [-0.1, -0.05) is 24.6 Å². The van der Waals surface area contributed by atoms with Crippen molar-refractivity contribution >= 4 is 10.0 Å². The number of piperidine rings is 1. The van der Waals surface area contributed by atoms with Gasteiger partial charge in [0.05, 0.1) is 4.90 Å². The SMILES string of the molecule is Cc1ccccc1S(=O)(=O)N1CCCCC1CCN. The molecule has 19 heavy (non-hydrogen) atoms. The fourth-order valence-corrected chi connectivity index (χ4v) is 4.69. The van der Waals surface area contributed by atoms with Crippen LogP contribution in [0, 0.1) is 6.92 Å². The fraction of sp³-hybridized carbons (Fsp3) is 0.571. The lowest BCUT2D eigenvalue weighted by atomic mass is 10.0. The van der Waals surface area contributed by atoms with Gasteiger partial charge in [0.25, 0.3) is 0 Å². The molecule has 0 amide bonds. The summed E-state index contributed by atoms with van der Waals surface area (Å²) in [6, 6.07) is 7.24. The van der Waals surface area contributed by atoms with Gasteiger partial charge in [-0.15, -0.1) is 0 Å². The lowest BCUT2D eigenvalue weighted by molar-refractivity contribution is 0.243. The van der Waals surface area contributed by atoms with Crippen molar-refractivity contribution in [3.63, 3.8) is 0 Å². The van der Waals surface area contributed by atoms with Crippen LogP contribution in [-0.4, -0.2) is 31.9 Å². The highest BCUT2D eigenvalue weighted by Gasteiger charge is 2.33. The molecule has 1 atom stereocenters. The Hall–Kier alpha value is -0.910. The van der Waals surface area contributed by atoms with Crippen molar-refractivity contribution in [2.75, 3.05) is 13.1 Å². The number of rotatable bonds is 4. The van der Waals surface area contributed by atoms with Gasteiger partial charge in [0.1, 0.15) is 0 Å². The van der Waals surface area contributed by atoms with Crippen LogP contribution >= 0.6 is 0 Å². The molecule has 2 rings (SSSR count). The Balaban J connectivity index is 2.35. The van der Waals surface area contributed by atoms with E-state index in [1.807, 2.05) is 19.1 Å². The Morgan fingerprint density at radius 3 is 2.74 bits per heavy atom. The number of sulfonamides is 1. The van der Waals surface area contributed by atoms with Crippen molar-refractivity contribution in [2.24, 2.45) is 5.73 Å². The second-order valence-corrected chi connectivity index (χ2v) is 6.97. The van der Waals surface area contributed by atoms with E-state index in [2.05, 4.69) is 0 Å². The van der Waals surface area contributed by atoms with Crippen LogP contribution in [0.3, 0.4) is 0 Å². The van der Waals surface area contributed by atoms with Gasteiger partial charge in [-0.05, 0) is 44.4 Å². The molecule has 106 valence electrons. The van der Waals surface area contributed by atoms with Crippen LogP contribution in [0.25, 0.3) is 0 Å². The molecule has 5 heteroatoms. The van der Waals surface area contributed by atoms with Gasteiger partial charge < -0.3 is 5.73 Å². The van der Waals surface area contributed by atoms with Crippen molar-refractivity contribution in [1.29, 1.82) is 0 Å². The minimum atomic E-state index is -3.39. The van der Waals surface area contributed by atoms with Crippen molar-refractivity contribution in [3.05, 3.63) is 29.8 Å². The fourth-order valence-electron chi connectivity index (χ4n) is 2.74. The van der Waals surface area contributed by atoms with Gasteiger partial charge in [-0.25, -0.2) is 8.42 Å². The predicted molar refractivity (Wildman–Crippen MR) is 76.4 cm³/mol. The van der Waals surface area contributed by atoms with E-state index >= 15 is 0 Å². The molecular formula is C14H22N2O2S. The second kappa shape index (κ2) is 6.03. The van der Waals surface area contributed by atoms with Crippen LogP contribution < -0.4 is 5.73 Å². The van der Waals surface area contributed by atoms with Gasteiger partial charge in [-0.3, -0.25) is 0 Å². The Morgan fingerprint density at radius 1 is 1.32 bits per heavy atom. The third-order valence-corrected chi connectivity index (χ3v) is 5.87. The summed E-state index contributed by atoms with van der Waals surface area (Å²) < 4.78 is 27.2. The molecule has 0 bridgehead atoms. The number of hydrogen-bond donors (Lipinski definition) is 1. The van der Waals surface area contributed by atoms with Gasteiger partial charge >= 0.3 is 0 Å². The van der Waals surface area contributed by atoms with Crippen molar-refractivity contribution in [1.82, 2.24) is 4.31 Å². The maximum absolute atomic E-state index is 12.8. The highest BCUT2D eigenvalue weighted by atomic mass is 32.2. The molecule has 4 nitrogen and oxygen atoms in total. The van der Waals surface area contributed by atoms with E-state index in [9.17, 15) is 8.42 Å². The normalized spacial score (nSPS) is 21.5. The summed E-state index contributed by atoms with van der Waals surface area (Å²) in [6.07, 6.45) is 3.68. The van der Waals surface area contributed by atoms with Crippen molar-refractivity contribution in [2.45, 2.75) is 43.5 Å². The molecule has 1 heterocycles. The minimum Gasteiger partial charge on any atom is -0.330 e. The van der Waals surface area contributed by atoms with E-state index in [0.717, 1.165) is 31.2 Å². The zero-order valence-electron chi connectivity index (χ0n) is 11.4. The van der Waals surface area contributed by atoms with Crippen LogP contribution in [0.4, 0.5) is 0 Å². The second-order valence-electron chi connectivity index (χ2n) is 5.11. The van der Waals surface area contributed by atoms with E-state index in [1.54, 1.807) is 16.4 Å². The van der Waals surface area contributed by atoms with Crippen LogP contribution in [0.15, 0.2) is 29.2 Å². The standard InChI is InChI=1S/C14H22N2O2S/c1-12-6-2-3-8-14(12)19(17,18)16-11-5-4-7-13(16)9-10-15/h2-3,6,8,13H,4-5,7,9-11,15H2,1H3. The topological polar surface area (TPSA) is 63.4 Å². The van der Waals surface area contributed by atoms with Crippen LogP contribution in [-0.2, 0) is 10.0 Å². The average molecular weight is 282 g/mol. The molecule has 0 saturated carbocycles. The van der Waals surface area contributed by atoms with Gasteiger partial charge in [0, 0.05) is 12.6 Å². The largest absolute Gasteiger partial charge is 0.330 e. The van der Waals surface area contributed by atoms with E-state index in [0.29, 0.717) is 18.0 Å². The maximum atomic E-state index is 12.8. The predicted octanol–water partition coefficient (Wildman–Crippen LogP) is 1.89. The Labute approximate surface area is 115 Å². The Kier molecular flexibility index (Phi) is 4.60. The zero-order chi connectivity index (χ0) is 13.9. The maximum Gasteiger partial charge on any atom is 0.243 e. The summed E-state index contributed by atoms with van der Waals surface area (Å²) in [6.45, 7) is 2.99. The molecule has 1 aromatic rings. The first-order chi connectivity index (χ1) is 9.07. The quantitative estimate of drug-likeness (QED) is 0.917. The van der Waals surface area contributed by atoms with E-state index < -0.39 is 10.0 Å². The first-order valence-corrected chi connectivity index (χ1v) is 8.29. The summed E-state index contributed by atoms with van der Waals surface area (Å²) in [5, 5.41) is 0. The smallest absolute Gasteiger partial charge is 0.243 e. The molecule has 1 aliphatic rings. The third-order valence-electron chi connectivity index (χ3n) is 3.75. The molecule has 0 aliphatic carbocycles. The molecule has 1 fully saturated rings. The van der Waals surface area contributed by atoms with Crippen molar-refractivity contribution in [3.8, 4) is 0 Å². The molecule has 1 aliphatic heterocycles. The number of nitrogens with two attached hydrogens (primary N) is 1. The summed E-state index contributed by atoms with van der Waals surface area (Å²) in [5.41, 5.74) is 6.42. The number of aryl methyl sites for hydroxylation is 1. The monoisotopic (exact) mass is 282 g/mol. The van der Waals surface area contributed by atoms with Gasteiger partial charge in [-0.2, -0.15) is 4.31 Å². The van der Waals surface area contributed by atoms with Crippen LogP contribution in [0.1, 0.15) is 31.2 Å². The zero-order valence-corrected chi connectivity index (χ0v) is 12.2. The van der Waals surface area contributed by atoms with Crippen LogP contribution in [0.2, 0.25) is 0 Å². The van der Waals surface area contributed by atoms with Gasteiger partial charge in [0.2, 0.25) is 10.0 Å². The first-order valence-electron chi connectivity index (χ1n) is 6.85. The van der Waals surface area contributed by atoms with Gasteiger partial charge in [0.15, 0.2) is 0 Å². The molecule has 0 radical (unpaired) electrons. The Morgan fingerprint density at radius 2 is 2.05 bits per heavy atom. The average Bonchev–Trinajstić information content (AvgIpc) is 2.40. The number of benzene rings is 1. The Bertz CT molecular complexity index is 526. The molecule has 1 saturated heterocycles. The molecule has 1 aromatic carbocycles. The number of hydrogen-bond acceptors (Lipinski definition) is 3. The van der Waals surface area contributed by atoms with Crippen molar-refractivity contribution < 1.29 is 8.42 Å². The summed E-state index contributed by atoms with van der Waals surface area (Å²) in [4.78, 5) is 0.430. The van der Waals surface area contributed by atoms with E-state index in [1.165, 1.54) is 0 Å².